The van der Waals surface area contributed by atoms with Gasteiger partial charge in [-0.1, -0.05) is 17.4 Å². The molecule has 1 atom stereocenters. The van der Waals surface area contributed by atoms with Crippen LogP contribution in [0, 0.1) is 0 Å². The summed E-state index contributed by atoms with van der Waals surface area (Å²) in [6, 6.07) is 5.32. The van der Waals surface area contributed by atoms with Crippen molar-refractivity contribution in [2.75, 3.05) is 12.3 Å². The van der Waals surface area contributed by atoms with Crippen molar-refractivity contribution in [1.29, 1.82) is 0 Å². The van der Waals surface area contributed by atoms with Crippen molar-refractivity contribution in [2.24, 2.45) is 5.73 Å². The lowest BCUT2D eigenvalue weighted by Crippen LogP contribution is -2.13. The Morgan fingerprint density at radius 1 is 1.50 bits per heavy atom. The molecular weight excluding hydrogens is 198 g/mol. The van der Waals surface area contributed by atoms with E-state index in [-0.39, 0.29) is 12.6 Å². The average Bonchev–Trinajstić information content (AvgIpc) is 2.55. The van der Waals surface area contributed by atoms with Crippen LogP contribution in [0.4, 0.5) is 5.13 Å². The van der Waals surface area contributed by atoms with Gasteiger partial charge in [0.15, 0.2) is 5.13 Å². The second-order valence-corrected chi connectivity index (χ2v) is 4.13. The molecule has 14 heavy (non-hydrogen) atoms. The average molecular weight is 209 g/mol. The van der Waals surface area contributed by atoms with Gasteiger partial charge in [-0.05, 0) is 17.7 Å². The summed E-state index contributed by atoms with van der Waals surface area (Å²) in [6.45, 7) is -0.0558. The summed E-state index contributed by atoms with van der Waals surface area (Å²) < 4.78 is 1.00. The lowest BCUT2D eigenvalue weighted by atomic mass is 10.1. The second-order valence-electron chi connectivity index (χ2n) is 3.07. The van der Waals surface area contributed by atoms with Crippen molar-refractivity contribution in [1.82, 2.24) is 4.98 Å². The maximum atomic E-state index is 8.90. The van der Waals surface area contributed by atoms with E-state index in [2.05, 4.69) is 4.98 Å². The molecule has 74 valence electrons. The molecule has 4 nitrogen and oxygen atoms in total. The number of benzene rings is 1. The number of anilines is 1. The summed E-state index contributed by atoms with van der Waals surface area (Å²) >= 11 is 1.42. The lowest BCUT2D eigenvalue weighted by Gasteiger charge is -2.07. The molecule has 0 saturated carbocycles. The van der Waals surface area contributed by atoms with Crippen LogP contribution in [0.1, 0.15) is 11.6 Å². The molecule has 5 N–H and O–H groups in total. The summed E-state index contributed by atoms with van der Waals surface area (Å²) in [6.07, 6.45) is 0. The number of fused-ring (bicyclic) bond motifs is 1. The molecule has 0 saturated heterocycles. The van der Waals surface area contributed by atoms with E-state index in [1.54, 1.807) is 0 Å². The number of aliphatic hydroxyl groups excluding tert-OH is 1. The van der Waals surface area contributed by atoms with Gasteiger partial charge in [0.25, 0.3) is 0 Å². The number of nitrogens with zero attached hydrogens (tertiary/aromatic N) is 1. The van der Waals surface area contributed by atoms with Crippen molar-refractivity contribution in [3.05, 3.63) is 23.8 Å². The molecule has 5 heteroatoms. The Bertz CT molecular complexity index is 454. The zero-order chi connectivity index (χ0) is 10.1. The summed E-state index contributed by atoms with van der Waals surface area (Å²) in [5.41, 5.74) is 13.1. The summed E-state index contributed by atoms with van der Waals surface area (Å²) in [4.78, 5) is 4.13. The first kappa shape index (κ1) is 9.39. The second kappa shape index (κ2) is 3.53. The van der Waals surface area contributed by atoms with Crippen molar-refractivity contribution >= 4 is 26.7 Å². The number of hydrogen-bond acceptors (Lipinski definition) is 5. The minimum Gasteiger partial charge on any atom is -0.394 e. The Balaban J connectivity index is 2.50. The van der Waals surface area contributed by atoms with Crippen LogP contribution in [-0.4, -0.2) is 16.7 Å². The maximum Gasteiger partial charge on any atom is 0.181 e. The van der Waals surface area contributed by atoms with Gasteiger partial charge in [0.1, 0.15) is 0 Å². The Hall–Kier alpha value is -1.17. The molecule has 0 radical (unpaired) electrons. The predicted octanol–water partition coefficient (Wildman–Crippen LogP) is 0.871. The molecule has 0 bridgehead atoms. The van der Waals surface area contributed by atoms with Crippen molar-refractivity contribution in [3.63, 3.8) is 0 Å². The Kier molecular flexibility index (Phi) is 2.37. The normalized spacial score (nSPS) is 13.3. The highest BCUT2D eigenvalue weighted by molar-refractivity contribution is 7.22. The third-order valence-corrected chi connectivity index (χ3v) is 2.90. The molecule has 1 aromatic heterocycles. The Morgan fingerprint density at radius 2 is 2.29 bits per heavy atom. The van der Waals surface area contributed by atoms with Crippen LogP contribution < -0.4 is 11.5 Å². The molecule has 1 unspecified atom stereocenters. The third-order valence-electron chi connectivity index (χ3n) is 2.05. The monoisotopic (exact) mass is 209 g/mol. The zero-order valence-corrected chi connectivity index (χ0v) is 8.29. The first-order chi connectivity index (χ1) is 6.70. The molecule has 0 spiro atoms. The van der Waals surface area contributed by atoms with Gasteiger partial charge in [-0.15, -0.1) is 0 Å². The van der Waals surface area contributed by atoms with Crippen LogP contribution in [0.5, 0.6) is 0 Å². The highest BCUT2D eigenvalue weighted by Crippen LogP contribution is 2.26. The van der Waals surface area contributed by atoms with Gasteiger partial charge < -0.3 is 16.6 Å². The highest BCUT2D eigenvalue weighted by Gasteiger charge is 2.07. The van der Waals surface area contributed by atoms with E-state index in [0.29, 0.717) is 5.13 Å². The fourth-order valence-corrected chi connectivity index (χ4v) is 2.08. The summed E-state index contributed by atoms with van der Waals surface area (Å²) in [7, 11) is 0. The van der Waals surface area contributed by atoms with Gasteiger partial charge >= 0.3 is 0 Å². The molecule has 0 aliphatic heterocycles. The summed E-state index contributed by atoms with van der Waals surface area (Å²) in [5.74, 6) is 0. The Labute approximate surface area is 85.2 Å². The topological polar surface area (TPSA) is 85.2 Å². The molecule has 0 amide bonds. The van der Waals surface area contributed by atoms with Crippen LogP contribution in [0.3, 0.4) is 0 Å². The van der Waals surface area contributed by atoms with E-state index in [9.17, 15) is 0 Å². The number of rotatable bonds is 2. The van der Waals surface area contributed by atoms with Gasteiger partial charge in [-0.3, -0.25) is 0 Å². The number of nitrogens with two attached hydrogens (primary N) is 2. The van der Waals surface area contributed by atoms with E-state index >= 15 is 0 Å². The van der Waals surface area contributed by atoms with Gasteiger partial charge in [0, 0.05) is 0 Å². The zero-order valence-electron chi connectivity index (χ0n) is 7.47. The fourth-order valence-electron chi connectivity index (χ4n) is 1.30. The highest BCUT2D eigenvalue weighted by atomic mass is 32.1. The largest absolute Gasteiger partial charge is 0.394 e. The fraction of sp³-hybridized carbons (Fsp3) is 0.222. The van der Waals surface area contributed by atoms with E-state index < -0.39 is 0 Å². The predicted molar refractivity (Wildman–Crippen MR) is 58.0 cm³/mol. The van der Waals surface area contributed by atoms with Gasteiger partial charge in [-0.2, -0.15) is 0 Å². The maximum absolute atomic E-state index is 8.90. The van der Waals surface area contributed by atoms with E-state index in [1.807, 2.05) is 18.2 Å². The SMILES string of the molecule is Nc1nc2ccc(C(N)CO)cc2s1. The van der Waals surface area contributed by atoms with E-state index in [1.165, 1.54) is 11.3 Å². The minimum absolute atomic E-state index is 0.0558. The molecule has 2 aromatic rings. The van der Waals surface area contributed by atoms with Crippen molar-refractivity contribution in [2.45, 2.75) is 6.04 Å². The molecule has 2 rings (SSSR count). The molecule has 1 aromatic carbocycles. The van der Waals surface area contributed by atoms with Crippen LogP contribution in [0.25, 0.3) is 10.2 Å². The lowest BCUT2D eigenvalue weighted by molar-refractivity contribution is 0.268. The quantitative estimate of drug-likeness (QED) is 0.685. The molecule has 0 aliphatic rings. The number of aliphatic hydroxyl groups is 1. The standard InChI is InChI=1S/C9H11N3OS/c10-6(4-13)5-1-2-7-8(3-5)14-9(11)12-7/h1-3,6,13H,4,10H2,(H2,11,12). The molecule has 1 heterocycles. The Morgan fingerprint density at radius 3 is 3.00 bits per heavy atom. The third kappa shape index (κ3) is 1.57. The van der Waals surface area contributed by atoms with Gasteiger partial charge in [0.05, 0.1) is 22.9 Å². The van der Waals surface area contributed by atoms with Crippen LogP contribution in [0.15, 0.2) is 18.2 Å². The first-order valence-corrected chi connectivity index (χ1v) is 5.05. The van der Waals surface area contributed by atoms with Crippen LogP contribution in [-0.2, 0) is 0 Å². The number of nitrogen functional groups attached to an aromatic ring is 1. The summed E-state index contributed by atoms with van der Waals surface area (Å²) in [5, 5.41) is 9.45. The number of thiazole rings is 1. The first-order valence-electron chi connectivity index (χ1n) is 4.23. The van der Waals surface area contributed by atoms with E-state index in [4.69, 9.17) is 16.6 Å². The van der Waals surface area contributed by atoms with Gasteiger partial charge in [-0.25, -0.2) is 4.98 Å². The molecule has 0 aliphatic carbocycles. The molecular formula is C9H11N3OS. The van der Waals surface area contributed by atoms with Crippen LogP contribution in [0.2, 0.25) is 0 Å². The number of hydrogen-bond donors (Lipinski definition) is 3. The number of aromatic nitrogens is 1. The van der Waals surface area contributed by atoms with Crippen LogP contribution >= 0.6 is 11.3 Å². The van der Waals surface area contributed by atoms with Gasteiger partial charge in [0.2, 0.25) is 0 Å². The molecule has 0 fully saturated rings. The van der Waals surface area contributed by atoms with Crippen molar-refractivity contribution in [3.8, 4) is 0 Å². The minimum atomic E-state index is -0.331. The van der Waals surface area contributed by atoms with Crippen molar-refractivity contribution < 1.29 is 5.11 Å². The smallest absolute Gasteiger partial charge is 0.181 e. The van der Waals surface area contributed by atoms with E-state index in [0.717, 1.165) is 15.8 Å².